The number of nitrogens with one attached hydrogen (secondary N) is 2. The molecule has 3 rings (SSSR count). The highest BCUT2D eigenvalue weighted by molar-refractivity contribution is 7.89. The number of benzene rings is 1. The molecule has 1 aromatic carbocycles. The third-order valence-corrected chi connectivity index (χ3v) is 7.15. The molecular formula is C20H24N4O6S. The van der Waals surface area contributed by atoms with Crippen LogP contribution in [0.4, 0.5) is 0 Å². The number of imide groups is 1. The summed E-state index contributed by atoms with van der Waals surface area (Å²) in [5.74, 6) is -3.22. The van der Waals surface area contributed by atoms with Crippen molar-refractivity contribution in [3.05, 3.63) is 42.0 Å². The van der Waals surface area contributed by atoms with Gasteiger partial charge in [-0.3, -0.25) is 34.9 Å². The van der Waals surface area contributed by atoms with Crippen molar-refractivity contribution in [1.82, 2.24) is 20.1 Å². The Labute approximate surface area is 180 Å². The lowest BCUT2D eigenvalue weighted by Gasteiger charge is -2.18. The summed E-state index contributed by atoms with van der Waals surface area (Å²) in [5, 5.41) is 0. The van der Waals surface area contributed by atoms with E-state index >= 15 is 0 Å². The predicted molar refractivity (Wildman–Crippen MR) is 109 cm³/mol. The smallest absolute Gasteiger partial charge is 0.258 e. The van der Waals surface area contributed by atoms with Gasteiger partial charge < -0.3 is 0 Å². The van der Waals surface area contributed by atoms with Crippen LogP contribution in [0.1, 0.15) is 18.4 Å². The lowest BCUT2D eigenvalue weighted by molar-refractivity contribution is -0.144. The van der Waals surface area contributed by atoms with Gasteiger partial charge in [-0.1, -0.05) is 29.8 Å². The molecule has 4 amide bonds. The number of fused-ring (bicyclic) bond motifs is 1. The SMILES string of the molecule is Cc1ccc(S(=O)(=O)N(C)CC(=O)NNC(=O)CN2C(=O)[C@H]3CC=CC[C@@H]3C2=O)cc1. The van der Waals surface area contributed by atoms with Gasteiger partial charge in [0.25, 0.3) is 11.8 Å². The average Bonchev–Trinajstić information content (AvgIpc) is 2.97. The number of carbonyl (C=O) groups excluding carboxylic acids is 4. The normalized spacial score (nSPS) is 20.7. The fourth-order valence-electron chi connectivity index (χ4n) is 3.56. The number of allylic oxidation sites excluding steroid dienone is 2. The molecule has 11 heteroatoms. The van der Waals surface area contributed by atoms with Crippen molar-refractivity contribution < 1.29 is 27.6 Å². The van der Waals surface area contributed by atoms with Gasteiger partial charge in [0.1, 0.15) is 6.54 Å². The lowest BCUT2D eigenvalue weighted by Crippen LogP contribution is -2.50. The van der Waals surface area contributed by atoms with Gasteiger partial charge in [0.15, 0.2) is 0 Å². The maximum atomic E-state index is 12.5. The number of amides is 4. The summed E-state index contributed by atoms with van der Waals surface area (Å²) >= 11 is 0. The standard InChI is InChI=1S/C20H24N4O6S/c1-13-7-9-14(10-8-13)31(29,30)23(2)11-17(25)21-22-18(26)12-24-19(27)15-5-3-4-6-16(15)20(24)28/h3-4,7-10,15-16H,5-6,11-12H2,1-2H3,(H,21,25)(H,22,26)/t15-,16-/m0/s1. The summed E-state index contributed by atoms with van der Waals surface area (Å²) in [5.41, 5.74) is 5.12. The van der Waals surface area contributed by atoms with Crippen LogP contribution < -0.4 is 10.9 Å². The first-order valence-corrected chi connectivity index (χ1v) is 11.2. The van der Waals surface area contributed by atoms with Gasteiger partial charge in [-0.2, -0.15) is 4.31 Å². The number of rotatable bonds is 6. The minimum atomic E-state index is -3.88. The molecule has 0 unspecified atom stereocenters. The van der Waals surface area contributed by atoms with E-state index in [2.05, 4.69) is 10.9 Å². The summed E-state index contributed by atoms with van der Waals surface area (Å²) in [6, 6.07) is 6.18. The van der Waals surface area contributed by atoms with E-state index in [0.29, 0.717) is 12.8 Å². The first-order valence-electron chi connectivity index (χ1n) is 9.72. The number of likely N-dealkylation sites (N-methyl/N-ethyl adjacent to an activating group) is 1. The van der Waals surface area contributed by atoms with Crippen LogP contribution >= 0.6 is 0 Å². The summed E-state index contributed by atoms with van der Waals surface area (Å²) in [6.45, 7) is 0.778. The Morgan fingerprint density at radius 2 is 1.52 bits per heavy atom. The number of aryl methyl sites for hydroxylation is 1. The molecule has 1 heterocycles. The molecule has 0 radical (unpaired) electrons. The van der Waals surface area contributed by atoms with Crippen LogP contribution in [0.2, 0.25) is 0 Å². The number of hydrogen-bond acceptors (Lipinski definition) is 6. The molecule has 166 valence electrons. The molecule has 2 atom stereocenters. The van der Waals surface area contributed by atoms with Crippen molar-refractivity contribution in [1.29, 1.82) is 0 Å². The van der Waals surface area contributed by atoms with E-state index in [1.807, 2.05) is 19.1 Å². The molecule has 0 spiro atoms. The lowest BCUT2D eigenvalue weighted by atomic mass is 9.85. The van der Waals surface area contributed by atoms with Gasteiger partial charge in [0, 0.05) is 7.05 Å². The van der Waals surface area contributed by atoms with Crippen molar-refractivity contribution in [3.8, 4) is 0 Å². The monoisotopic (exact) mass is 448 g/mol. The quantitative estimate of drug-likeness (QED) is 0.349. The highest BCUT2D eigenvalue weighted by atomic mass is 32.2. The molecule has 31 heavy (non-hydrogen) atoms. The second kappa shape index (κ2) is 8.98. The molecule has 0 aromatic heterocycles. The number of hydrogen-bond donors (Lipinski definition) is 2. The third kappa shape index (κ3) is 4.83. The van der Waals surface area contributed by atoms with Crippen molar-refractivity contribution >= 4 is 33.7 Å². The van der Waals surface area contributed by atoms with E-state index in [9.17, 15) is 27.6 Å². The second-order valence-electron chi connectivity index (χ2n) is 7.59. The number of sulfonamides is 1. The summed E-state index contributed by atoms with van der Waals surface area (Å²) in [4.78, 5) is 49.9. The zero-order valence-corrected chi connectivity index (χ0v) is 18.0. The molecule has 1 fully saturated rings. The van der Waals surface area contributed by atoms with Gasteiger partial charge in [-0.15, -0.1) is 0 Å². The molecule has 0 saturated carbocycles. The fourth-order valence-corrected chi connectivity index (χ4v) is 4.69. The summed E-state index contributed by atoms with van der Waals surface area (Å²) in [7, 11) is -2.63. The zero-order chi connectivity index (χ0) is 22.8. The minimum Gasteiger partial charge on any atom is -0.274 e. The van der Waals surface area contributed by atoms with Crippen LogP contribution in [0, 0.1) is 18.8 Å². The maximum Gasteiger partial charge on any atom is 0.258 e. The Bertz CT molecular complexity index is 1010. The van der Waals surface area contributed by atoms with E-state index in [1.165, 1.54) is 19.2 Å². The average molecular weight is 449 g/mol. The molecular weight excluding hydrogens is 424 g/mol. The Hall–Kier alpha value is -3.05. The fraction of sp³-hybridized carbons (Fsp3) is 0.400. The number of nitrogens with zero attached hydrogens (tertiary/aromatic N) is 2. The Morgan fingerprint density at radius 1 is 1.00 bits per heavy atom. The Morgan fingerprint density at radius 3 is 2.06 bits per heavy atom. The van der Waals surface area contributed by atoms with Gasteiger partial charge >= 0.3 is 0 Å². The zero-order valence-electron chi connectivity index (χ0n) is 17.2. The van der Waals surface area contributed by atoms with Crippen molar-refractivity contribution in [2.45, 2.75) is 24.7 Å². The van der Waals surface area contributed by atoms with Crippen LogP contribution in [0.5, 0.6) is 0 Å². The first-order chi connectivity index (χ1) is 14.6. The van der Waals surface area contributed by atoms with Crippen LogP contribution in [0.15, 0.2) is 41.3 Å². The van der Waals surface area contributed by atoms with Crippen LogP contribution in [-0.4, -0.2) is 61.4 Å². The van der Waals surface area contributed by atoms with E-state index < -0.39 is 58.6 Å². The van der Waals surface area contributed by atoms with Crippen molar-refractivity contribution in [2.24, 2.45) is 11.8 Å². The maximum absolute atomic E-state index is 12.5. The van der Waals surface area contributed by atoms with E-state index in [-0.39, 0.29) is 4.90 Å². The van der Waals surface area contributed by atoms with Gasteiger partial charge in [0.05, 0.1) is 23.3 Å². The molecule has 2 aliphatic rings. The summed E-state index contributed by atoms with van der Waals surface area (Å²) in [6.07, 6.45) is 4.62. The molecule has 1 aromatic rings. The van der Waals surface area contributed by atoms with E-state index in [0.717, 1.165) is 14.8 Å². The number of hydrazine groups is 1. The van der Waals surface area contributed by atoms with Gasteiger partial charge in [-0.25, -0.2) is 8.42 Å². The molecule has 0 bridgehead atoms. The van der Waals surface area contributed by atoms with Crippen molar-refractivity contribution in [3.63, 3.8) is 0 Å². The Kier molecular flexibility index (Phi) is 6.56. The molecule has 2 N–H and O–H groups in total. The topological polar surface area (TPSA) is 133 Å². The second-order valence-corrected chi connectivity index (χ2v) is 9.63. The van der Waals surface area contributed by atoms with E-state index in [4.69, 9.17) is 0 Å². The molecule has 10 nitrogen and oxygen atoms in total. The van der Waals surface area contributed by atoms with Crippen LogP contribution in [0.3, 0.4) is 0 Å². The largest absolute Gasteiger partial charge is 0.274 e. The molecule has 1 aliphatic heterocycles. The highest BCUT2D eigenvalue weighted by Gasteiger charge is 2.47. The Balaban J connectivity index is 1.50. The van der Waals surface area contributed by atoms with Gasteiger partial charge in [-0.05, 0) is 31.9 Å². The first kappa shape index (κ1) is 22.6. The highest BCUT2D eigenvalue weighted by Crippen LogP contribution is 2.34. The molecule has 1 aliphatic carbocycles. The minimum absolute atomic E-state index is 0.0412. The number of likely N-dealkylation sites (tertiary alicyclic amines) is 1. The number of carbonyl (C=O) groups is 4. The van der Waals surface area contributed by atoms with Crippen LogP contribution in [-0.2, 0) is 29.2 Å². The predicted octanol–water partition coefficient (Wildman–Crippen LogP) is -0.286. The molecule has 1 saturated heterocycles. The van der Waals surface area contributed by atoms with E-state index in [1.54, 1.807) is 12.1 Å². The van der Waals surface area contributed by atoms with Crippen LogP contribution in [0.25, 0.3) is 0 Å². The summed E-state index contributed by atoms with van der Waals surface area (Å²) < 4.78 is 25.9. The third-order valence-electron chi connectivity index (χ3n) is 5.34. The van der Waals surface area contributed by atoms with Crippen molar-refractivity contribution in [2.75, 3.05) is 20.1 Å². The van der Waals surface area contributed by atoms with Gasteiger partial charge in [0.2, 0.25) is 21.8 Å².